The fourth-order valence-corrected chi connectivity index (χ4v) is 0.889. The van der Waals surface area contributed by atoms with Gasteiger partial charge in [-0.3, -0.25) is 4.79 Å². The zero-order chi connectivity index (χ0) is 12.6. The first-order valence-electron chi connectivity index (χ1n) is 5.08. The number of esters is 2. The van der Waals surface area contributed by atoms with Crippen molar-refractivity contribution in [2.24, 2.45) is 5.92 Å². The minimum Gasteiger partial charge on any atom is -0.463 e. The molecule has 0 fully saturated rings. The lowest BCUT2D eigenvalue weighted by molar-refractivity contribution is -0.154. The van der Waals surface area contributed by atoms with Crippen LogP contribution in [-0.4, -0.2) is 30.9 Å². The highest BCUT2D eigenvalue weighted by Crippen LogP contribution is 2.01. The number of hydrogen-bond acceptors (Lipinski definition) is 5. The Morgan fingerprint density at radius 1 is 1.12 bits per heavy atom. The van der Waals surface area contributed by atoms with Crippen LogP contribution in [0.1, 0.15) is 20.8 Å². The molecule has 0 aromatic rings. The highest BCUT2D eigenvalue weighted by Gasteiger charge is 2.20. The van der Waals surface area contributed by atoms with Crippen molar-refractivity contribution in [1.82, 2.24) is 0 Å². The van der Waals surface area contributed by atoms with E-state index in [4.69, 9.17) is 0 Å². The monoisotopic (exact) mass is 228 g/mol. The van der Waals surface area contributed by atoms with Crippen molar-refractivity contribution in [3.63, 3.8) is 0 Å². The zero-order valence-corrected chi connectivity index (χ0v) is 9.69. The number of ether oxygens (including phenoxy) is 2. The van der Waals surface area contributed by atoms with Gasteiger partial charge in [-0.25, -0.2) is 9.59 Å². The summed E-state index contributed by atoms with van der Waals surface area (Å²) < 4.78 is 9.17. The second-order valence-corrected chi connectivity index (χ2v) is 2.98. The molecule has 0 aliphatic carbocycles. The minimum absolute atomic E-state index is 0.152. The molecule has 0 rings (SSSR count). The Morgan fingerprint density at radius 2 is 1.69 bits per heavy atom. The molecule has 16 heavy (non-hydrogen) atoms. The predicted molar refractivity (Wildman–Crippen MR) is 56.6 cm³/mol. The average molecular weight is 228 g/mol. The SMILES string of the molecule is CCOC(=O)C=CC(C)C(=O)C(=O)OCC. The van der Waals surface area contributed by atoms with E-state index in [1.54, 1.807) is 13.8 Å². The van der Waals surface area contributed by atoms with Gasteiger partial charge in [-0.05, 0) is 13.8 Å². The van der Waals surface area contributed by atoms with Crippen LogP contribution in [-0.2, 0) is 23.9 Å². The molecule has 5 heteroatoms. The summed E-state index contributed by atoms with van der Waals surface area (Å²) in [5.74, 6) is -2.79. The molecule has 0 N–H and O–H groups in total. The van der Waals surface area contributed by atoms with Crippen LogP contribution in [0.4, 0.5) is 0 Å². The van der Waals surface area contributed by atoms with Crippen molar-refractivity contribution in [1.29, 1.82) is 0 Å². The fraction of sp³-hybridized carbons (Fsp3) is 0.545. The van der Waals surface area contributed by atoms with E-state index in [9.17, 15) is 14.4 Å². The standard InChI is InChI=1S/C11H16O5/c1-4-15-9(12)7-6-8(3)10(13)11(14)16-5-2/h6-8H,4-5H2,1-3H3. The van der Waals surface area contributed by atoms with Gasteiger partial charge < -0.3 is 9.47 Å². The summed E-state index contributed by atoms with van der Waals surface area (Å²) in [7, 11) is 0. The van der Waals surface area contributed by atoms with Gasteiger partial charge in [-0.1, -0.05) is 13.0 Å². The lowest BCUT2D eigenvalue weighted by atomic mass is 10.1. The van der Waals surface area contributed by atoms with Crippen LogP contribution in [0.3, 0.4) is 0 Å². The highest BCUT2D eigenvalue weighted by atomic mass is 16.5. The Balaban J connectivity index is 4.24. The molecule has 1 unspecified atom stereocenters. The normalized spacial score (nSPS) is 12.2. The number of carbonyl (C=O) groups is 3. The molecular weight excluding hydrogens is 212 g/mol. The molecule has 0 saturated carbocycles. The van der Waals surface area contributed by atoms with E-state index in [1.165, 1.54) is 13.0 Å². The zero-order valence-electron chi connectivity index (χ0n) is 9.69. The van der Waals surface area contributed by atoms with E-state index < -0.39 is 23.6 Å². The number of ketones is 1. The van der Waals surface area contributed by atoms with Crippen molar-refractivity contribution in [3.8, 4) is 0 Å². The predicted octanol–water partition coefficient (Wildman–Crippen LogP) is 0.874. The van der Waals surface area contributed by atoms with E-state index >= 15 is 0 Å². The second-order valence-electron chi connectivity index (χ2n) is 2.98. The van der Waals surface area contributed by atoms with Crippen molar-refractivity contribution < 1.29 is 23.9 Å². The molecule has 0 aliphatic heterocycles. The summed E-state index contributed by atoms with van der Waals surface area (Å²) in [6.45, 7) is 5.22. The van der Waals surface area contributed by atoms with Crippen molar-refractivity contribution >= 4 is 17.7 Å². The van der Waals surface area contributed by atoms with E-state index in [-0.39, 0.29) is 13.2 Å². The summed E-state index contributed by atoms with van der Waals surface area (Å²) in [6, 6.07) is 0. The largest absolute Gasteiger partial charge is 0.463 e. The first-order chi connectivity index (χ1) is 7.52. The maximum Gasteiger partial charge on any atom is 0.375 e. The number of carbonyl (C=O) groups excluding carboxylic acids is 3. The van der Waals surface area contributed by atoms with Crippen LogP contribution >= 0.6 is 0 Å². The van der Waals surface area contributed by atoms with Crippen LogP contribution in [0.5, 0.6) is 0 Å². The lowest BCUT2D eigenvalue weighted by Gasteiger charge is -2.04. The molecule has 0 aromatic carbocycles. The molecule has 0 aromatic heterocycles. The second kappa shape index (κ2) is 7.62. The van der Waals surface area contributed by atoms with Gasteiger partial charge in [0.2, 0.25) is 5.78 Å². The van der Waals surface area contributed by atoms with Gasteiger partial charge in [-0.15, -0.1) is 0 Å². The van der Waals surface area contributed by atoms with Gasteiger partial charge in [0.05, 0.1) is 13.2 Å². The minimum atomic E-state index is -0.886. The van der Waals surface area contributed by atoms with Gasteiger partial charge in [0.25, 0.3) is 0 Å². The maximum absolute atomic E-state index is 11.3. The summed E-state index contributed by atoms with van der Waals surface area (Å²) in [4.78, 5) is 33.3. The van der Waals surface area contributed by atoms with Crippen molar-refractivity contribution in [2.45, 2.75) is 20.8 Å². The molecule has 0 radical (unpaired) electrons. The highest BCUT2D eigenvalue weighted by molar-refractivity contribution is 6.34. The summed E-state index contributed by atoms with van der Waals surface area (Å²) in [6.07, 6.45) is 2.45. The molecule has 1 atom stereocenters. The molecule has 90 valence electrons. The molecule has 0 bridgehead atoms. The third kappa shape index (κ3) is 5.29. The molecule has 0 amide bonds. The molecule has 0 spiro atoms. The van der Waals surface area contributed by atoms with Gasteiger partial charge in [-0.2, -0.15) is 0 Å². The number of Topliss-reactive ketones (excluding diaryl/α,β-unsaturated/α-hetero) is 1. The third-order valence-corrected chi connectivity index (χ3v) is 1.70. The Labute approximate surface area is 94.4 Å². The number of hydrogen-bond donors (Lipinski definition) is 0. The van der Waals surface area contributed by atoms with E-state index in [1.807, 2.05) is 0 Å². The molecule has 5 nitrogen and oxygen atoms in total. The molecule has 0 aliphatic rings. The lowest BCUT2D eigenvalue weighted by Crippen LogP contribution is -2.23. The Bertz CT molecular complexity index is 293. The van der Waals surface area contributed by atoms with Crippen LogP contribution in [0, 0.1) is 5.92 Å². The van der Waals surface area contributed by atoms with E-state index in [2.05, 4.69) is 9.47 Å². The van der Waals surface area contributed by atoms with Gasteiger partial charge in [0.1, 0.15) is 0 Å². The van der Waals surface area contributed by atoms with Crippen LogP contribution in [0.15, 0.2) is 12.2 Å². The van der Waals surface area contributed by atoms with Crippen LogP contribution < -0.4 is 0 Å². The average Bonchev–Trinajstić information content (AvgIpc) is 2.25. The summed E-state index contributed by atoms with van der Waals surface area (Å²) >= 11 is 0. The summed E-state index contributed by atoms with van der Waals surface area (Å²) in [5, 5.41) is 0. The summed E-state index contributed by atoms with van der Waals surface area (Å²) in [5.41, 5.74) is 0. The number of allylic oxidation sites excluding steroid dienone is 1. The van der Waals surface area contributed by atoms with Gasteiger partial charge in [0.15, 0.2) is 0 Å². The third-order valence-electron chi connectivity index (χ3n) is 1.70. The van der Waals surface area contributed by atoms with Crippen LogP contribution in [0.25, 0.3) is 0 Å². The van der Waals surface area contributed by atoms with Crippen molar-refractivity contribution in [3.05, 3.63) is 12.2 Å². The Morgan fingerprint density at radius 3 is 2.19 bits per heavy atom. The Hall–Kier alpha value is -1.65. The maximum atomic E-state index is 11.3. The Kier molecular flexibility index (Phi) is 6.83. The smallest absolute Gasteiger partial charge is 0.375 e. The van der Waals surface area contributed by atoms with Crippen molar-refractivity contribution in [2.75, 3.05) is 13.2 Å². The first kappa shape index (κ1) is 14.3. The first-order valence-corrected chi connectivity index (χ1v) is 5.08. The van der Waals surface area contributed by atoms with Gasteiger partial charge in [0, 0.05) is 12.0 Å². The molecular formula is C11H16O5. The topological polar surface area (TPSA) is 69.7 Å². The number of rotatable bonds is 6. The van der Waals surface area contributed by atoms with Gasteiger partial charge >= 0.3 is 11.9 Å². The van der Waals surface area contributed by atoms with Crippen LogP contribution in [0.2, 0.25) is 0 Å². The van der Waals surface area contributed by atoms with E-state index in [0.717, 1.165) is 6.08 Å². The molecule has 0 heterocycles. The quantitative estimate of drug-likeness (QED) is 0.383. The van der Waals surface area contributed by atoms with E-state index in [0.29, 0.717) is 0 Å². The fourth-order valence-electron chi connectivity index (χ4n) is 0.889. The molecule has 0 saturated heterocycles.